The molecule has 1 saturated heterocycles. The predicted octanol–water partition coefficient (Wildman–Crippen LogP) is 2.76. The first-order valence-electron chi connectivity index (χ1n) is 5.40. The lowest BCUT2D eigenvalue weighted by Gasteiger charge is -2.41. The summed E-state index contributed by atoms with van der Waals surface area (Å²) in [6, 6.07) is 0.800. The van der Waals surface area contributed by atoms with Crippen molar-refractivity contribution in [3.63, 3.8) is 0 Å². The van der Waals surface area contributed by atoms with E-state index in [2.05, 4.69) is 32.6 Å². The molecule has 1 unspecified atom stereocenters. The average Bonchev–Trinajstić information content (AvgIpc) is 2.07. The first kappa shape index (κ1) is 10.0. The highest BCUT2D eigenvalue weighted by atomic mass is 15.2. The molecule has 0 saturated carbocycles. The van der Waals surface area contributed by atoms with Crippen LogP contribution in [0.4, 0.5) is 0 Å². The van der Waals surface area contributed by atoms with Gasteiger partial charge in [0.1, 0.15) is 0 Å². The maximum absolute atomic E-state index is 2.64. The lowest BCUT2D eigenvalue weighted by atomic mass is 9.83. The standard InChI is InChI=1S/C11H23N/c1-5-7-12-8-6-9(2)10(3)11(12)4/h9-11H,5-8H2,1-4H3/t9-,10?,11-/m1/s1. The first-order valence-corrected chi connectivity index (χ1v) is 5.40. The molecule has 1 heterocycles. The van der Waals surface area contributed by atoms with E-state index in [1.165, 1.54) is 25.9 Å². The third-order valence-corrected chi connectivity index (χ3v) is 3.62. The third kappa shape index (κ3) is 2.01. The van der Waals surface area contributed by atoms with Gasteiger partial charge in [-0.15, -0.1) is 0 Å². The molecule has 1 aliphatic heterocycles. The van der Waals surface area contributed by atoms with Gasteiger partial charge in [0, 0.05) is 6.04 Å². The van der Waals surface area contributed by atoms with Crippen molar-refractivity contribution in [2.75, 3.05) is 13.1 Å². The maximum Gasteiger partial charge on any atom is 0.00951 e. The Morgan fingerprint density at radius 3 is 2.50 bits per heavy atom. The van der Waals surface area contributed by atoms with E-state index in [0.29, 0.717) is 0 Å². The smallest absolute Gasteiger partial charge is 0.00951 e. The van der Waals surface area contributed by atoms with Gasteiger partial charge in [0.2, 0.25) is 0 Å². The van der Waals surface area contributed by atoms with Gasteiger partial charge in [0.25, 0.3) is 0 Å². The minimum atomic E-state index is 0.800. The van der Waals surface area contributed by atoms with Gasteiger partial charge >= 0.3 is 0 Å². The van der Waals surface area contributed by atoms with E-state index in [4.69, 9.17) is 0 Å². The van der Waals surface area contributed by atoms with Gasteiger partial charge in [0.15, 0.2) is 0 Å². The van der Waals surface area contributed by atoms with Gasteiger partial charge in [-0.05, 0) is 44.7 Å². The number of rotatable bonds is 2. The van der Waals surface area contributed by atoms with Gasteiger partial charge in [-0.1, -0.05) is 20.8 Å². The SMILES string of the molecule is CCCN1CC[C@@H](C)C(C)[C@H]1C. The molecule has 12 heavy (non-hydrogen) atoms. The van der Waals surface area contributed by atoms with Crippen LogP contribution >= 0.6 is 0 Å². The van der Waals surface area contributed by atoms with E-state index in [1.807, 2.05) is 0 Å². The van der Waals surface area contributed by atoms with Crippen LogP contribution in [0.2, 0.25) is 0 Å². The molecule has 0 bridgehead atoms. The Kier molecular flexibility index (Phi) is 3.57. The highest BCUT2D eigenvalue weighted by Gasteiger charge is 2.28. The lowest BCUT2D eigenvalue weighted by molar-refractivity contribution is 0.0756. The van der Waals surface area contributed by atoms with Gasteiger partial charge in [-0.2, -0.15) is 0 Å². The highest BCUT2D eigenvalue weighted by molar-refractivity contribution is 4.82. The molecule has 3 atom stereocenters. The van der Waals surface area contributed by atoms with Crippen LogP contribution in [0.1, 0.15) is 40.5 Å². The summed E-state index contributed by atoms with van der Waals surface area (Å²) in [7, 11) is 0. The van der Waals surface area contributed by atoms with Crippen molar-refractivity contribution < 1.29 is 0 Å². The van der Waals surface area contributed by atoms with Gasteiger partial charge in [0.05, 0.1) is 0 Å². The number of hydrogen-bond donors (Lipinski definition) is 0. The van der Waals surface area contributed by atoms with Crippen LogP contribution in [0.15, 0.2) is 0 Å². The molecule has 0 aromatic carbocycles. The van der Waals surface area contributed by atoms with E-state index in [9.17, 15) is 0 Å². The molecular formula is C11H23N. The summed E-state index contributed by atoms with van der Waals surface area (Å²) in [5, 5.41) is 0. The lowest BCUT2D eigenvalue weighted by Crippen LogP contribution is -2.45. The van der Waals surface area contributed by atoms with Gasteiger partial charge in [-0.25, -0.2) is 0 Å². The minimum absolute atomic E-state index is 0.800. The molecule has 0 N–H and O–H groups in total. The maximum atomic E-state index is 2.64. The van der Waals surface area contributed by atoms with E-state index in [1.54, 1.807) is 0 Å². The number of nitrogens with zero attached hydrogens (tertiary/aromatic N) is 1. The summed E-state index contributed by atoms with van der Waals surface area (Å²) in [6.45, 7) is 12.1. The second kappa shape index (κ2) is 4.27. The Balaban J connectivity index is 2.46. The first-order chi connectivity index (χ1) is 5.66. The number of likely N-dealkylation sites (tertiary alicyclic amines) is 1. The zero-order valence-corrected chi connectivity index (χ0v) is 9.01. The normalized spacial score (nSPS) is 38.5. The van der Waals surface area contributed by atoms with Crippen LogP contribution < -0.4 is 0 Å². The van der Waals surface area contributed by atoms with E-state index in [0.717, 1.165) is 17.9 Å². The Morgan fingerprint density at radius 1 is 1.25 bits per heavy atom. The van der Waals surface area contributed by atoms with Crippen molar-refractivity contribution in [1.29, 1.82) is 0 Å². The fourth-order valence-electron chi connectivity index (χ4n) is 2.25. The van der Waals surface area contributed by atoms with Crippen molar-refractivity contribution in [2.24, 2.45) is 11.8 Å². The Hall–Kier alpha value is -0.0400. The fraction of sp³-hybridized carbons (Fsp3) is 1.00. The Labute approximate surface area is 77.1 Å². The predicted molar refractivity (Wildman–Crippen MR) is 54.3 cm³/mol. The second-order valence-corrected chi connectivity index (χ2v) is 4.40. The summed E-state index contributed by atoms with van der Waals surface area (Å²) in [4.78, 5) is 2.64. The zero-order valence-electron chi connectivity index (χ0n) is 9.01. The summed E-state index contributed by atoms with van der Waals surface area (Å²) in [5.41, 5.74) is 0. The topological polar surface area (TPSA) is 3.24 Å². The molecule has 0 aromatic heterocycles. The molecule has 0 radical (unpaired) electrons. The number of piperidine rings is 1. The van der Waals surface area contributed by atoms with Crippen LogP contribution in [0, 0.1) is 11.8 Å². The zero-order chi connectivity index (χ0) is 9.14. The molecule has 1 nitrogen and oxygen atoms in total. The van der Waals surface area contributed by atoms with Crippen molar-refractivity contribution >= 4 is 0 Å². The van der Waals surface area contributed by atoms with Crippen molar-refractivity contribution in [3.05, 3.63) is 0 Å². The van der Waals surface area contributed by atoms with Crippen LogP contribution in [-0.4, -0.2) is 24.0 Å². The molecule has 1 aliphatic rings. The van der Waals surface area contributed by atoms with E-state index >= 15 is 0 Å². The van der Waals surface area contributed by atoms with E-state index in [-0.39, 0.29) is 0 Å². The van der Waals surface area contributed by atoms with Crippen LogP contribution in [0.25, 0.3) is 0 Å². The minimum Gasteiger partial charge on any atom is -0.300 e. The fourth-order valence-corrected chi connectivity index (χ4v) is 2.25. The summed E-state index contributed by atoms with van der Waals surface area (Å²) in [5.74, 6) is 1.80. The summed E-state index contributed by atoms with van der Waals surface area (Å²) < 4.78 is 0. The number of hydrogen-bond acceptors (Lipinski definition) is 1. The molecule has 0 aliphatic carbocycles. The molecule has 1 rings (SSSR count). The van der Waals surface area contributed by atoms with Gasteiger partial charge in [-0.3, -0.25) is 0 Å². The highest BCUT2D eigenvalue weighted by Crippen LogP contribution is 2.27. The summed E-state index contributed by atoms with van der Waals surface area (Å²) in [6.07, 6.45) is 2.69. The Bertz CT molecular complexity index is 133. The molecule has 0 aromatic rings. The third-order valence-electron chi connectivity index (χ3n) is 3.62. The van der Waals surface area contributed by atoms with E-state index < -0.39 is 0 Å². The summed E-state index contributed by atoms with van der Waals surface area (Å²) >= 11 is 0. The Morgan fingerprint density at radius 2 is 1.92 bits per heavy atom. The van der Waals surface area contributed by atoms with Crippen molar-refractivity contribution in [3.8, 4) is 0 Å². The van der Waals surface area contributed by atoms with Crippen LogP contribution in [0.5, 0.6) is 0 Å². The van der Waals surface area contributed by atoms with Crippen LogP contribution in [0.3, 0.4) is 0 Å². The monoisotopic (exact) mass is 169 g/mol. The quantitative estimate of drug-likeness (QED) is 0.614. The van der Waals surface area contributed by atoms with Crippen LogP contribution in [-0.2, 0) is 0 Å². The molecule has 72 valence electrons. The largest absolute Gasteiger partial charge is 0.300 e. The van der Waals surface area contributed by atoms with Crippen molar-refractivity contribution in [1.82, 2.24) is 4.90 Å². The van der Waals surface area contributed by atoms with Gasteiger partial charge < -0.3 is 4.90 Å². The molecule has 1 fully saturated rings. The molecule has 0 amide bonds. The molecule has 1 heteroatoms. The molecular weight excluding hydrogens is 146 g/mol. The van der Waals surface area contributed by atoms with Crippen molar-refractivity contribution in [2.45, 2.75) is 46.6 Å². The molecule has 0 spiro atoms. The average molecular weight is 169 g/mol. The second-order valence-electron chi connectivity index (χ2n) is 4.40.